The predicted molar refractivity (Wildman–Crippen MR) is 76.1 cm³/mol. The molecule has 1 aromatic rings. The van der Waals surface area contributed by atoms with Gasteiger partial charge >= 0.3 is 0 Å². The van der Waals surface area contributed by atoms with Crippen molar-refractivity contribution in [1.82, 2.24) is 10.2 Å². The maximum absolute atomic E-state index is 12.7. The standard InChI is InChI=1S/C16H22N2O/c1-11-9-18(10-12(11)2)16(19)15-5-3-4-13-8-17-7-6-14(13)15/h3-5,11-12,17H,6-10H2,1-2H3. The topological polar surface area (TPSA) is 32.3 Å². The molecule has 2 atom stereocenters. The van der Waals surface area contributed by atoms with Gasteiger partial charge in [0.1, 0.15) is 0 Å². The van der Waals surface area contributed by atoms with Gasteiger partial charge in [0.2, 0.25) is 0 Å². The maximum Gasteiger partial charge on any atom is 0.254 e. The summed E-state index contributed by atoms with van der Waals surface area (Å²) in [6.07, 6.45) is 0.968. The van der Waals surface area contributed by atoms with E-state index >= 15 is 0 Å². The third kappa shape index (κ3) is 2.27. The first-order chi connectivity index (χ1) is 9.16. The molecule has 2 heterocycles. The van der Waals surface area contributed by atoms with Gasteiger partial charge in [-0.05, 0) is 42.0 Å². The number of amides is 1. The molecule has 1 fully saturated rings. The molecule has 0 aliphatic carbocycles. The fourth-order valence-corrected chi connectivity index (χ4v) is 3.20. The zero-order valence-corrected chi connectivity index (χ0v) is 11.8. The minimum Gasteiger partial charge on any atom is -0.338 e. The van der Waals surface area contributed by atoms with Gasteiger partial charge in [0, 0.05) is 25.2 Å². The number of hydrogen-bond donors (Lipinski definition) is 1. The molecule has 102 valence electrons. The molecule has 19 heavy (non-hydrogen) atoms. The van der Waals surface area contributed by atoms with E-state index in [9.17, 15) is 4.79 Å². The second kappa shape index (κ2) is 4.97. The first-order valence-corrected chi connectivity index (χ1v) is 7.27. The summed E-state index contributed by atoms with van der Waals surface area (Å²) in [5.41, 5.74) is 3.48. The second-order valence-electron chi connectivity index (χ2n) is 6.03. The van der Waals surface area contributed by atoms with Crippen molar-refractivity contribution < 1.29 is 4.79 Å². The SMILES string of the molecule is CC1CN(C(=O)c2cccc3c2CCNC3)CC1C. The first-order valence-electron chi connectivity index (χ1n) is 7.27. The van der Waals surface area contributed by atoms with Crippen molar-refractivity contribution in [2.45, 2.75) is 26.8 Å². The van der Waals surface area contributed by atoms with Crippen molar-refractivity contribution in [3.8, 4) is 0 Å². The Kier molecular flexibility index (Phi) is 3.31. The van der Waals surface area contributed by atoms with Crippen molar-refractivity contribution in [2.24, 2.45) is 11.8 Å². The van der Waals surface area contributed by atoms with Crippen LogP contribution in [0.2, 0.25) is 0 Å². The quantitative estimate of drug-likeness (QED) is 0.836. The molecule has 2 aliphatic rings. The second-order valence-corrected chi connectivity index (χ2v) is 6.03. The van der Waals surface area contributed by atoms with Crippen LogP contribution < -0.4 is 5.32 Å². The number of nitrogens with one attached hydrogen (secondary N) is 1. The van der Waals surface area contributed by atoms with E-state index in [1.807, 2.05) is 17.0 Å². The number of hydrogen-bond acceptors (Lipinski definition) is 2. The van der Waals surface area contributed by atoms with Crippen molar-refractivity contribution in [3.05, 3.63) is 34.9 Å². The Morgan fingerprint density at radius 3 is 2.74 bits per heavy atom. The molecule has 3 heteroatoms. The predicted octanol–water partition coefficient (Wildman–Crippen LogP) is 2.06. The number of rotatable bonds is 1. The summed E-state index contributed by atoms with van der Waals surface area (Å²) in [5.74, 6) is 1.46. The molecule has 1 aromatic carbocycles. The lowest BCUT2D eigenvalue weighted by atomic mass is 9.95. The summed E-state index contributed by atoms with van der Waals surface area (Å²) >= 11 is 0. The Balaban J connectivity index is 1.88. The van der Waals surface area contributed by atoms with Gasteiger partial charge in [-0.25, -0.2) is 0 Å². The minimum atomic E-state index is 0.231. The normalized spacial score (nSPS) is 26.3. The highest BCUT2D eigenvalue weighted by molar-refractivity contribution is 5.96. The Morgan fingerprint density at radius 1 is 1.26 bits per heavy atom. The van der Waals surface area contributed by atoms with Crippen LogP contribution in [0.4, 0.5) is 0 Å². The van der Waals surface area contributed by atoms with Gasteiger partial charge in [-0.15, -0.1) is 0 Å². The van der Waals surface area contributed by atoms with Gasteiger partial charge < -0.3 is 10.2 Å². The smallest absolute Gasteiger partial charge is 0.254 e. The number of fused-ring (bicyclic) bond motifs is 1. The van der Waals surface area contributed by atoms with Gasteiger partial charge in [-0.2, -0.15) is 0 Å². The average molecular weight is 258 g/mol. The lowest BCUT2D eigenvalue weighted by Crippen LogP contribution is -2.32. The van der Waals surface area contributed by atoms with E-state index in [1.54, 1.807) is 0 Å². The van der Waals surface area contributed by atoms with Gasteiger partial charge in [0.25, 0.3) is 5.91 Å². The van der Waals surface area contributed by atoms with Crippen molar-refractivity contribution >= 4 is 5.91 Å². The molecule has 1 amide bonds. The molecule has 0 aromatic heterocycles. The van der Waals surface area contributed by atoms with E-state index in [-0.39, 0.29) is 5.91 Å². The Morgan fingerprint density at radius 2 is 2.00 bits per heavy atom. The molecule has 1 saturated heterocycles. The zero-order valence-electron chi connectivity index (χ0n) is 11.8. The molecular weight excluding hydrogens is 236 g/mol. The molecule has 3 nitrogen and oxygen atoms in total. The van der Waals surface area contributed by atoms with Crippen LogP contribution in [0.25, 0.3) is 0 Å². The maximum atomic E-state index is 12.7. The highest BCUT2D eigenvalue weighted by atomic mass is 16.2. The fourth-order valence-electron chi connectivity index (χ4n) is 3.20. The number of nitrogens with zero attached hydrogens (tertiary/aromatic N) is 1. The third-order valence-electron chi connectivity index (χ3n) is 4.65. The van der Waals surface area contributed by atoms with E-state index in [0.717, 1.165) is 38.2 Å². The van der Waals surface area contributed by atoms with Gasteiger partial charge in [-0.1, -0.05) is 26.0 Å². The molecule has 0 bridgehead atoms. The van der Waals surface area contributed by atoms with Crippen molar-refractivity contribution in [1.29, 1.82) is 0 Å². The lowest BCUT2D eigenvalue weighted by Gasteiger charge is -2.23. The number of carbonyl (C=O) groups excluding carboxylic acids is 1. The Bertz CT molecular complexity index is 488. The van der Waals surface area contributed by atoms with E-state index in [2.05, 4.69) is 25.2 Å². The van der Waals surface area contributed by atoms with Crippen LogP contribution in [0.15, 0.2) is 18.2 Å². The summed E-state index contributed by atoms with van der Waals surface area (Å²) in [4.78, 5) is 14.8. The van der Waals surface area contributed by atoms with Crippen LogP contribution in [-0.4, -0.2) is 30.4 Å². The van der Waals surface area contributed by atoms with E-state index in [0.29, 0.717) is 11.8 Å². The van der Waals surface area contributed by atoms with E-state index < -0.39 is 0 Å². The molecule has 2 aliphatic heterocycles. The van der Waals surface area contributed by atoms with Crippen LogP contribution in [-0.2, 0) is 13.0 Å². The van der Waals surface area contributed by atoms with Gasteiger partial charge in [0.15, 0.2) is 0 Å². The van der Waals surface area contributed by atoms with E-state index in [1.165, 1.54) is 11.1 Å². The zero-order chi connectivity index (χ0) is 13.4. The summed E-state index contributed by atoms with van der Waals surface area (Å²) in [6, 6.07) is 6.15. The number of benzene rings is 1. The first kappa shape index (κ1) is 12.7. The van der Waals surface area contributed by atoms with Crippen LogP contribution in [0.3, 0.4) is 0 Å². The monoisotopic (exact) mass is 258 g/mol. The lowest BCUT2D eigenvalue weighted by molar-refractivity contribution is 0.0783. The van der Waals surface area contributed by atoms with Gasteiger partial charge in [0.05, 0.1) is 0 Å². The van der Waals surface area contributed by atoms with Gasteiger partial charge in [-0.3, -0.25) is 4.79 Å². The molecule has 1 N–H and O–H groups in total. The number of carbonyl (C=O) groups is 1. The summed E-state index contributed by atoms with van der Waals surface area (Å²) in [5, 5.41) is 3.37. The summed E-state index contributed by atoms with van der Waals surface area (Å²) in [6.45, 7) is 8.15. The summed E-state index contributed by atoms with van der Waals surface area (Å²) < 4.78 is 0. The fraction of sp³-hybridized carbons (Fsp3) is 0.562. The van der Waals surface area contributed by atoms with Crippen LogP contribution in [0.1, 0.15) is 35.3 Å². The highest BCUT2D eigenvalue weighted by Crippen LogP contribution is 2.26. The van der Waals surface area contributed by atoms with Crippen molar-refractivity contribution in [2.75, 3.05) is 19.6 Å². The Hall–Kier alpha value is -1.35. The average Bonchev–Trinajstić information content (AvgIpc) is 2.77. The summed E-state index contributed by atoms with van der Waals surface area (Å²) in [7, 11) is 0. The number of likely N-dealkylation sites (tertiary alicyclic amines) is 1. The minimum absolute atomic E-state index is 0.231. The Labute approximate surface area is 115 Å². The van der Waals surface area contributed by atoms with Crippen LogP contribution in [0.5, 0.6) is 0 Å². The van der Waals surface area contributed by atoms with Crippen LogP contribution >= 0.6 is 0 Å². The molecule has 2 unspecified atom stereocenters. The third-order valence-corrected chi connectivity index (χ3v) is 4.65. The van der Waals surface area contributed by atoms with Crippen LogP contribution in [0, 0.1) is 11.8 Å². The van der Waals surface area contributed by atoms with Crippen molar-refractivity contribution in [3.63, 3.8) is 0 Å². The molecular formula is C16H22N2O. The molecule has 0 spiro atoms. The molecule has 0 saturated carbocycles. The molecule has 3 rings (SSSR count). The highest BCUT2D eigenvalue weighted by Gasteiger charge is 2.31. The van der Waals surface area contributed by atoms with E-state index in [4.69, 9.17) is 0 Å². The molecule has 0 radical (unpaired) electrons. The largest absolute Gasteiger partial charge is 0.338 e.